The normalized spacial score (nSPS) is 19.1. The van der Waals surface area contributed by atoms with E-state index >= 15 is 0 Å². The van der Waals surface area contributed by atoms with E-state index in [0.29, 0.717) is 23.5 Å². The predicted molar refractivity (Wildman–Crippen MR) is 87.3 cm³/mol. The van der Waals surface area contributed by atoms with E-state index in [1.54, 1.807) is 16.8 Å². The lowest BCUT2D eigenvalue weighted by Crippen LogP contribution is -2.31. The fourth-order valence-electron chi connectivity index (χ4n) is 3.45. The summed E-state index contributed by atoms with van der Waals surface area (Å²) in [4.78, 5) is 16.8. The second-order valence-electron chi connectivity index (χ2n) is 6.01. The van der Waals surface area contributed by atoms with Gasteiger partial charge in [0, 0.05) is 17.7 Å². The number of alkyl halides is 2. The molecule has 4 rings (SSSR count). The van der Waals surface area contributed by atoms with Crippen molar-refractivity contribution >= 4 is 11.7 Å². The largest absolute Gasteiger partial charge is 0.493 e. The molecule has 26 heavy (non-hydrogen) atoms. The first-order valence-electron chi connectivity index (χ1n) is 8.14. The number of nitrogens with zero attached hydrogens (tertiary/aromatic N) is 3. The zero-order valence-corrected chi connectivity index (χ0v) is 13.9. The van der Waals surface area contributed by atoms with Crippen molar-refractivity contribution in [2.24, 2.45) is 0 Å². The van der Waals surface area contributed by atoms with Crippen molar-refractivity contribution in [3.8, 4) is 11.5 Å². The number of fused-ring (bicyclic) bond motifs is 1. The summed E-state index contributed by atoms with van der Waals surface area (Å²) < 4.78 is 36.4. The summed E-state index contributed by atoms with van der Waals surface area (Å²) in [6, 6.07) is 4.14. The molecular formula is C17H16F2N4O3. The van der Waals surface area contributed by atoms with Crippen LogP contribution in [0.2, 0.25) is 0 Å². The highest BCUT2D eigenvalue weighted by Gasteiger charge is 2.36. The minimum Gasteiger partial charge on any atom is -0.493 e. The van der Waals surface area contributed by atoms with Crippen LogP contribution in [0.3, 0.4) is 0 Å². The summed E-state index contributed by atoms with van der Waals surface area (Å²) in [5, 5.41) is 7.40. The van der Waals surface area contributed by atoms with E-state index in [-0.39, 0.29) is 17.3 Å². The molecule has 0 fully saturated rings. The van der Waals surface area contributed by atoms with E-state index in [1.165, 1.54) is 19.5 Å². The molecule has 0 saturated heterocycles. The Labute approximate surface area is 147 Å². The first-order chi connectivity index (χ1) is 12.6. The lowest BCUT2D eigenvalue weighted by molar-refractivity contribution is -0.116. The molecule has 2 aromatic rings. The van der Waals surface area contributed by atoms with E-state index in [2.05, 4.69) is 20.1 Å². The van der Waals surface area contributed by atoms with Crippen molar-refractivity contribution in [1.29, 1.82) is 0 Å². The summed E-state index contributed by atoms with van der Waals surface area (Å²) in [5.41, 5.74) is 2.14. The summed E-state index contributed by atoms with van der Waals surface area (Å²) in [6.45, 7) is -2.95. The molecular weight excluding hydrogens is 346 g/mol. The number of benzene rings is 1. The summed E-state index contributed by atoms with van der Waals surface area (Å²) in [6.07, 6.45) is 3.39. The molecule has 136 valence electrons. The Kier molecular flexibility index (Phi) is 4.06. The maximum atomic E-state index is 12.6. The molecule has 2 heterocycles. The molecule has 0 bridgehead atoms. The van der Waals surface area contributed by atoms with Gasteiger partial charge in [-0.1, -0.05) is 6.07 Å². The van der Waals surface area contributed by atoms with Crippen LogP contribution >= 0.6 is 0 Å². The number of anilines is 1. The van der Waals surface area contributed by atoms with Crippen LogP contribution in [0, 0.1) is 0 Å². The van der Waals surface area contributed by atoms with Crippen LogP contribution in [0.15, 0.2) is 35.8 Å². The van der Waals surface area contributed by atoms with Gasteiger partial charge >= 0.3 is 6.61 Å². The van der Waals surface area contributed by atoms with Gasteiger partial charge in [0.2, 0.25) is 5.95 Å². The minimum absolute atomic E-state index is 0.0387. The fraction of sp³-hybridized carbons (Fsp3) is 0.353. The Morgan fingerprint density at radius 2 is 2.15 bits per heavy atom. The van der Waals surface area contributed by atoms with Gasteiger partial charge in [-0.15, -0.1) is 0 Å². The number of ether oxygens (including phenoxy) is 2. The van der Waals surface area contributed by atoms with E-state index in [4.69, 9.17) is 4.74 Å². The van der Waals surface area contributed by atoms with Crippen molar-refractivity contribution in [3.05, 3.63) is 41.4 Å². The van der Waals surface area contributed by atoms with Crippen molar-refractivity contribution in [2.45, 2.75) is 31.9 Å². The van der Waals surface area contributed by atoms with Crippen LogP contribution in [0.4, 0.5) is 14.7 Å². The molecule has 1 atom stereocenters. The zero-order valence-electron chi connectivity index (χ0n) is 13.9. The summed E-state index contributed by atoms with van der Waals surface area (Å²) >= 11 is 0. The minimum atomic E-state index is -2.95. The lowest BCUT2D eigenvalue weighted by Gasteiger charge is -2.32. The number of methoxy groups -OCH3 is 1. The molecule has 1 aliphatic carbocycles. The molecule has 0 spiro atoms. The molecule has 2 aliphatic rings. The van der Waals surface area contributed by atoms with E-state index < -0.39 is 12.7 Å². The quantitative estimate of drug-likeness (QED) is 0.901. The number of carbonyl (C=O) groups is 1. The van der Waals surface area contributed by atoms with Gasteiger partial charge in [-0.3, -0.25) is 4.79 Å². The summed E-state index contributed by atoms with van der Waals surface area (Å²) in [5.74, 6) is 0.670. The average molecular weight is 362 g/mol. The lowest BCUT2D eigenvalue weighted by atomic mass is 9.85. The van der Waals surface area contributed by atoms with Crippen LogP contribution in [0.25, 0.3) is 0 Å². The molecule has 0 unspecified atom stereocenters. The van der Waals surface area contributed by atoms with Crippen molar-refractivity contribution < 1.29 is 23.0 Å². The molecule has 0 radical (unpaired) electrons. The third-order valence-electron chi connectivity index (χ3n) is 4.53. The Morgan fingerprint density at radius 1 is 1.31 bits per heavy atom. The standard InChI is InChI=1S/C17H16F2N4O3/c1-25-13-7-9(5-6-12(13)26-16(18)19)15-14-10(3-2-4-11(14)24)22-17-20-8-21-23(15)17/h5-8,15-16H,2-4H2,1H3,(H,20,21,22)/t15-/m1/s1. The SMILES string of the molecule is COc1cc([C@@H]2C3=C(CCCC3=O)Nc3ncnn32)ccc1OC(F)F. The van der Waals surface area contributed by atoms with Crippen molar-refractivity contribution in [1.82, 2.24) is 14.8 Å². The number of rotatable bonds is 4. The van der Waals surface area contributed by atoms with E-state index in [0.717, 1.165) is 18.5 Å². The van der Waals surface area contributed by atoms with Crippen LogP contribution in [-0.2, 0) is 4.79 Å². The van der Waals surface area contributed by atoms with Gasteiger partial charge in [0.05, 0.1) is 7.11 Å². The van der Waals surface area contributed by atoms with E-state index in [1.807, 2.05) is 0 Å². The van der Waals surface area contributed by atoms with Crippen LogP contribution in [0.5, 0.6) is 11.5 Å². The number of carbonyl (C=O) groups excluding carboxylic acids is 1. The van der Waals surface area contributed by atoms with Gasteiger partial charge in [-0.2, -0.15) is 18.9 Å². The molecule has 0 amide bonds. The number of nitrogens with one attached hydrogen (secondary N) is 1. The maximum absolute atomic E-state index is 12.6. The zero-order chi connectivity index (χ0) is 18.3. The van der Waals surface area contributed by atoms with Gasteiger partial charge < -0.3 is 14.8 Å². The van der Waals surface area contributed by atoms with Gasteiger partial charge in [0.1, 0.15) is 12.4 Å². The highest BCUT2D eigenvalue weighted by Crippen LogP contribution is 2.41. The Balaban J connectivity index is 1.83. The van der Waals surface area contributed by atoms with Crippen molar-refractivity contribution in [2.75, 3.05) is 12.4 Å². The number of halogens is 2. The van der Waals surface area contributed by atoms with Gasteiger partial charge in [0.15, 0.2) is 17.3 Å². The Bertz CT molecular complexity index is 894. The van der Waals surface area contributed by atoms with Gasteiger partial charge in [-0.25, -0.2) is 4.68 Å². The third-order valence-corrected chi connectivity index (χ3v) is 4.53. The smallest absolute Gasteiger partial charge is 0.387 e. The topological polar surface area (TPSA) is 78.3 Å². The highest BCUT2D eigenvalue weighted by atomic mass is 19.3. The molecule has 1 N–H and O–H groups in total. The molecule has 1 aromatic heterocycles. The van der Waals surface area contributed by atoms with Gasteiger partial charge in [-0.05, 0) is 30.5 Å². The van der Waals surface area contributed by atoms with Crippen molar-refractivity contribution in [3.63, 3.8) is 0 Å². The maximum Gasteiger partial charge on any atom is 0.387 e. The number of Topliss-reactive ketones (excluding diaryl/α,β-unsaturated/α-hetero) is 1. The van der Waals surface area contributed by atoms with E-state index in [9.17, 15) is 13.6 Å². The Hall–Kier alpha value is -2.97. The molecule has 9 heteroatoms. The first kappa shape index (κ1) is 16.5. The summed E-state index contributed by atoms with van der Waals surface area (Å²) in [7, 11) is 1.37. The average Bonchev–Trinajstić information content (AvgIpc) is 3.08. The fourth-order valence-corrected chi connectivity index (χ4v) is 3.45. The Morgan fingerprint density at radius 3 is 2.92 bits per heavy atom. The second-order valence-corrected chi connectivity index (χ2v) is 6.01. The molecule has 1 aromatic carbocycles. The molecule has 7 nitrogen and oxygen atoms in total. The number of allylic oxidation sites excluding steroid dienone is 2. The first-order valence-corrected chi connectivity index (χ1v) is 8.14. The van der Waals surface area contributed by atoms with Crippen LogP contribution in [0.1, 0.15) is 30.9 Å². The highest BCUT2D eigenvalue weighted by molar-refractivity contribution is 5.99. The predicted octanol–water partition coefficient (Wildman–Crippen LogP) is 2.91. The molecule has 1 aliphatic heterocycles. The number of hydrogen-bond acceptors (Lipinski definition) is 6. The monoisotopic (exact) mass is 362 g/mol. The van der Waals surface area contributed by atoms with Gasteiger partial charge in [0.25, 0.3) is 0 Å². The molecule has 0 saturated carbocycles. The third kappa shape index (κ3) is 2.69. The number of aromatic nitrogens is 3. The number of ketones is 1. The van der Waals surface area contributed by atoms with Crippen LogP contribution in [-0.4, -0.2) is 34.3 Å². The van der Waals surface area contributed by atoms with Crippen LogP contribution < -0.4 is 14.8 Å². The number of hydrogen-bond donors (Lipinski definition) is 1. The second kappa shape index (κ2) is 6.40.